The van der Waals surface area contributed by atoms with E-state index in [1.807, 2.05) is 43.0 Å². The number of hydrogen-bond donors (Lipinski definition) is 0. The highest BCUT2D eigenvalue weighted by Crippen LogP contribution is 2.20. The third-order valence-corrected chi connectivity index (χ3v) is 6.38. The number of benzene rings is 1. The number of furan rings is 1. The van der Waals surface area contributed by atoms with E-state index < -0.39 is 0 Å². The fourth-order valence-electron chi connectivity index (χ4n) is 3.99. The average molecular weight is 462 g/mol. The van der Waals surface area contributed by atoms with Crippen molar-refractivity contribution in [2.45, 2.75) is 33.2 Å². The van der Waals surface area contributed by atoms with Crippen LogP contribution in [0.2, 0.25) is 0 Å². The molecule has 3 aromatic rings. The Labute approximate surface area is 200 Å². The summed E-state index contributed by atoms with van der Waals surface area (Å²) in [6.07, 6.45) is 2.23. The molecule has 0 spiro atoms. The molecule has 2 amide bonds. The Kier molecular flexibility index (Phi) is 7.25. The molecular weight excluding hydrogens is 430 g/mol. The van der Waals surface area contributed by atoms with Crippen LogP contribution >= 0.6 is 0 Å². The number of carbonyl (C=O) groups is 2. The van der Waals surface area contributed by atoms with Crippen molar-refractivity contribution in [1.82, 2.24) is 20.0 Å². The van der Waals surface area contributed by atoms with Gasteiger partial charge in [-0.25, -0.2) is 0 Å². The first-order valence-corrected chi connectivity index (χ1v) is 11.7. The first kappa shape index (κ1) is 23.5. The van der Waals surface area contributed by atoms with Gasteiger partial charge in [0.15, 0.2) is 11.6 Å². The zero-order valence-electron chi connectivity index (χ0n) is 20.0. The van der Waals surface area contributed by atoms with Crippen molar-refractivity contribution >= 4 is 17.6 Å². The molecule has 178 valence electrons. The largest absolute Gasteiger partial charge is 0.459 e. The molecule has 1 aromatic carbocycles. The van der Waals surface area contributed by atoms with Crippen LogP contribution in [0.3, 0.4) is 0 Å². The van der Waals surface area contributed by atoms with Gasteiger partial charge < -0.3 is 19.1 Å². The Hall–Kier alpha value is -3.68. The molecule has 1 aliphatic rings. The van der Waals surface area contributed by atoms with Crippen molar-refractivity contribution in [3.8, 4) is 11.3 Å². The second-order valence-corrected chi connectivity index (χ2v) is 8.68. The summed E-state index contributed by atoms with van der Waals surface area (Å²) in [4.78, 5) is 31.4. The number of amides is 2. The van der Waals surface area contributed by atoms with Gasteiger partial charge in [0, 0.05) is 37.8 Å². The van der Waals surface area contributed by atoms with Gasteiger partial charge in [0.05, 0.1) is 12.0 Å². The molecule has 0 aliphatic carbocycles. The molecule has 0 radical (unpaired) electrons. The highest BCUT2D eigenvalue weighted by atomic mass is 16.3. The first-order chi connectivity index (χ1) is 16.5. The van der Waals surface area contributed by atoms with Gasteiger partial charge in [0.2, 0.25) is 5.91 Å². The van der Waals surface area contributed by atoms with E-state index in [2.05, 4.69) is 34.2 Å². The predicted molar refractivity (Wildman–Crippen MR) is 130 cm³/mol. The highest BCUT2D eigenvalue weighted by Gasteiger charge is 2.29. The van der Waals surface area contributed by atoms with Crippen molar-refractivity contribution in [2.24, 2.45) is 0 Å². The van der Waals surface area contributed by atoms with Crippen LogP contribution in [0.15, 0.2) is 59.2 Å². The van der Waals surface area contributed by atoms with Crippen LogP contribution in [0.1, 0.15) is 36.4 Å². The number of hydrogen-bond acceptors (Lipinski definition) is 6. The smallest absolute Gasteiger partial charge is 0.290 e. The van der Waals surface area contributed by atoms with E-state index in [-0.39, 0.29) is 30.2 Å². The minimum absolute atomic E-state index is 0.0413. The van der Waals surface area contributed by atoms with Gasteiger partial charge in [0.25, 0.3) is 5.91 Å². The number of anilines is 1. The lowest BCUT2D eigenvalue weighted by Gasteiger charge is -2.37. The van der Waals surface area contributed by atoms with E-state index in [1.165, 1.54) is 11.8 Å². The van der Waals surface area contributed by atoms with Gasteiger partial charge in [-0.2, -0.15) is 0 Å². The molecule has 0 N–H and O–H groups in total. The number of aryl methyl sites for hydroxylation is 1. The fourth-order valence-corrected chi connectivity index (χ4v) is 3.99. The van der Waals surface area contributed by atoms with Crippen molar-refractivity contribution in [2.75, 3.05) is 37.6 Å². The second-order valence-electron chi connectivity index (χ2n) is 8.68. The van der Waals surface area contributed by atoms with Gasteiger partial charge in [-0.1, -0.05) is 36.8 Å². The molecule has 8 heteroatoms. The lowest BCUT2D eigenvalue weighted by Crippen LogP contribution is -2.53. The van der Waals surface area contributed by atoms with Gasteiger partial charge in [-0.15, -0.1) is 10.2 Å². The highest BCUT2D eigenvalue weighted by molar-refractivity contribution is 5.94. The number of aromatic nitrogens is 2. The molecule has 1 saturated heterocycles. The summed E-state index contributed by atoms with van der Waals surface area (Å²) in [5.74, 6) is 0.749. The Balaban J connectivity index is 1.34. The van der Waals surface area contributed by atoms with Crippen molar-refractivity contribution in [1.29, 1.82) is 0 Å². The topological polar surface area (TPSA) is 82.8 Å². The summed E-state index contributed by atoms with van der Waals surface area (Å²) in [6.45, 7) is 8.53. The van der Waals surface area contributed by atoms with E-state index >= 15 is 0 Å². The SMILES string of the molecule is CC[C@H](C)N(CC(=O)N1CCN(c2ccc(-c3ccc(C)cc3)nn2)CC1)C(=O)c1ccco1. The summed E-state index contributed by atoms with van der Waals surface area (Å²) >= 11 is 0. The fraction of sp³-hybridized carbons (Fsp3) is 0.385. The lowest BCUT2D eigenvalue weighted by atomic mass is 10.1. The molecule has 1 aliphatic heterocycles. The Bertz CT molecular complexity index is 1090. The molecular formula is C26H31N5O3. The van der Waals surface area contributed by atoms with Crippen LogP contribution in [0.4, 0.5) is 5.82 Å². The Morgan fingerprint density at radius 2 is 1.76 bits per heavy atom. The molecule has 2 aromatic heterocycles. The minimum atomic E-state index is -0.254. The number of piperazine rings is 1. The summed E-state index contributed by atoms with van der Waals surface area (Å²) in [5.41, 5.74) is 3.08. The van der Waals surface area contributed by atoms with Crippen molar-refractivity contribution in [3.05, 3.63) is 66.1 Å². The normalized spacial score (nSPS) is 14.7. The van der Waals surface area contributed by atoms with E-state index in [9.17, 15) is 9.59 Å². The van der Waals surface area contributed by atoms with Crippen molar-refractivity contribution in [3.63, 3.8) is 0 Å². The molecule has 0 unspecified atom stereocenters. The molecule has 0 saturated carbocycles. The maximum Gasteiger partial charge on any atom is 0.290 e. The quantitative estimate of drug-likeness (QED) is 0.534. The monoisotopic (exact) mass is 461 g/mol. The summed E-state index contributed by atoms with van der Waals surface area (Å²) in [5, 5.41) is 8.81. The molecule has 4 rings (SSSR count). The summed E-state index contributed by atoms with van der Waals surface area (Å²) < 4.78 is 5.27. The number of carbonyl (C=O) groups excluding carboxylic acids is 2. The minimum Gasteiger partial charge on any atom is -0.459 e. The number of rotatable bonds is 7. The van der Waals surface area contributed by atoms with Crippen LogP contribution in [-0.4, -0.2) is 70.6 Å². The van der Waals surface area contributed by atoms with Gasteiger partial charge in [-0.3, -0.25) is 9.59 Å². The van der Waals surface area contributed by atoms with E-state index in [0.29, 0.717) is 26.2 Å². The average Bonchev–Trinajstić information content (AvgIpc) is 3.42. The van der Waals surface area contributed by atoms with Crippen LogP contribution < -0.4 is 4.90 Å². The Morgan fingerprint density at radius 3 is 2.35 bits per heavy atom. The first-order valence-electron chi connectivity index (χ1n) is 11.7. The third-order valence-electron chi connectivity index (χ3n) is 6.38. The molecule has 34 heavy (non-hydrogen) atoms. The second kappa shape index (κ2) is 10.5. The van der Waals surface area contributed by atoms with Gasteiger partial charge >= 0.3 is 0 Å². The Morgan fingerprint density at radius 1 is 1.03 bits per heavy atom. The maximum absolute atomic E-state index is 13.0. The van der Waals surface area contributed by atoms with E-state index in [1.54, 1.807) is 17.0 Å². The number of nitrogens with zero attached hydrogens (tertiary/aromatic N) is 5. The standard InChI is InChI=1S/C26H31N5O3/c1-4-20(3)31(26(33)23-6-5-17-34-23)18-25(32)30-15-13-29(14-16-30)24-12-11-22(27-28-24)21-9-7-19(2)8-10-21/h5-12,17,20H,4,13-16,18H2,1-3H3/t20-/m0/s1. The molecule has 0 bridgehead atoms. The van der Waals surface area contributed by atoms with Crippen LogP contribution in [0.5, 0.6) is 0 Å². The third kappa shape index (κ3) is 5.27. The molecule has 1 fully saturated rings. The van der Waals surface area contributed by atoms with Crippen LogP contribution in [0, 0.1) is 6.92 Å². The summed E-state index contributed by atoms with van der Waals surface area (Å²) in [7, 11) is 0. The lowest BCUT2D eigenvalue weighted by molar-refractivity contribution is -0.132. The maximum atomic E-state index is 13.0. The van der Waals surface area contributed by atoms with E-state index in [0.717, 1.165) is 23.5 Å². The molecule has 3 heterocycles. The van der Waals surface area contributed by atoms with Gasteiger partial charge in [-0.05, 0) is 44.5 Å². The molecule has 1 atom stereocenters. The zero-order chi connectivity index (χ0) is 24.1. The van der Waals surface area contributed by atoms with Crippen molar-refractivity contribution < 1.29 is 14.0 Å². The predicted octanol–water partition coefficient (Wildman–Crippen LogP) is 3.63. The molecule has 8 nitrogen and oxygen atoms in total. The van der Waals surface area contributed by atoms with E-state index in [4.69, 9.17) is 4.42 Å². The summed E-state index contributed by atoms with van der Waals surface area (Å²) in [6, 6.07) is 15.4. The van der Waals surface area contributed by atoms with Gasteiger partial charge in [0.1, 0.15) is 6.54 Å². The van der Waals surface area contributed by atoms with Crippen LogP contribution in [0.25, 0.3) is 11.3 Å². The van der Waals surface area contributed by atoms with Crippen LogP contribution in [-0.2, 0) is 4.79 Å². The zero-order valence-corrected chi connectivity index (χ0v) is 20.0.